The maximum atomic E-state index is 13.3. The minimum Gasteiger partial charge on any atom is -0.288 e. The van der Waals surface area contributed by atoms with Gasteiger partial charge in [0.05, 0.1) is 11.2 Å². The molecule has 0 aliphatic carbocycles. The van der Waals surface area contributed by atoms with Crippen LogP contribution in [0.3, 0.4) is 0 Å². The topological polar surface area (TPSA) is 54.5 Å². The fourth-order valence-electron chi connectivity index (χ4n) is 3.10. The SMILES string of the molecule is Cc1ccnc2ccc(C3=C(c4ccc(F)cc4)N(N)CN=C3)cc12. The van der Waals surface area contributed by atoms with Crippen LogP contribution in [0, 0.1) is 12.7 Å². The van der Waals surface area contributed by atoms with Gasteiger partial charge >= 0.3 is 0 Å². The number of nitrogens with zero attached hydrogens (tertiary/aromatic N) is 3. The van der Waals surface area contributed by atoms with Crippen molar-refractivity contribution < 1.29 is 4.39 Å². The van der Waals surface area contributed by atoms with Crippen molar-refractivity contribution in [2.75, 3.05) is 6.67 Å². The monoisotopic (exact) mass is 332 g/mol. The van der Waals surface area contributed by atoms with E-state index in [0.717, 1.165) is 38.9 Å². The van der Waals surface area contributed by atoms with Crippen LogP contribution in [-0.2, 0) is 0 Å². The highest BCUT2D eigenvalue weighted by atomic mass is 19.1. The Hall–Kier alpha value is -3.05. The van der Waals surface area contributed by atoms with Gasteiger partial charge in [0.15, 0.2) is 0 Å². The number of hydrogen-bond donors (Lipinski definition) is 1. The molecule has 4 rings (SSSR count). The zero-order valence-corrected chi connectivity index (χ0v) is 13.8. The average molecular weight is 332 g/mol. The van der Waals surface area contributed by atoms with E-state index in [1.807, 2.05) is 30.6 Å². The van der Waals surface area contributed by atoms with Crippen molar-refractivity contribution in [3.8, 4) is 0 Å². The zero-order chi connectivity index (χ0) is 17.4. The number of nitrogens with two attached hydrogens (primary N) is 1. The van der Waals surface area contributed by atoms with Gasteiger partial charge in [0.1, 0.15) is 12.5 Å². The van der Waals surface area contributed by atoms with Gasteiger partial charge in [0.25, 0.3) is 0 Å². The summed E-state index contributed by atoms with van der Waals surface area (Å²) >= 11 is 0. The van der Waals surface area contributed by atoms with Crippen LogP contribution in [0.25, 0.3) is 22.2 Å². The maximum Gasteiger partial charge on any atom is 0.124 e. The molecule has 0 amide bonds. The molecule has 25 heavy (non-hydrogen) atoms. The van der Waals surface area contributed by atoms with Crippen molar-refractivity contribution in [2.24, 2.45) is 10.8 Å². The van der Waals surface area contributed by atoms with Crippen molar-refractivity contribution in [2.45, 2.75) is 6.92 Å². The van der Waals surface area contributed by atoms with Gasteiger partial charge in [-0.15, -0.1) is 0 Å². The molecule has 2 aromatic carbocycles. The molecule has 0 saturated carbocycles. The van der Waals surface area contributed by atoms with Gasteiger partial charge in [-0.25, -0.2) is 10.2 Å². The lowest BCUT2D eigenvalue weighted by Gasteiger charge is -2.26. The first-order chi connectivity index (χ1) is 12.1. The van der Waals surface area contributed by atoms with Crippen LogP contribution < -0.4 is 5.84 Å². The number of halogens is 1. The highest BCUT2D eigenvalue weighted by Crippen LogP contribution is 2.31. The number of fused-ring (bicyclic) bond motifs is 1. The molecular formula is C20H17FN4. The molecule has 124 valence electrons. The lowest BCUT2D eigenvalue weighted by Crippen LogP contribution is -2.32. The summed E-state index contributed by atoms with van der Waals surface area (Å²) < 4.78 is 13.3. The predicted molar refractivity (Wildman–Crippen MR) is 99.1 cm³/mol. The Kier molecular flexibility index (Phi) is 3.78. The van der Waals surface area contributed by atoms with Crippen molar-refractivity contribution in [1.82, 2.24) is 9.99 Å². The highest BCUT2D eigenvalue weighted by Gasteiger charge is 2.18. The largest absolute Gasteiger partial charge is 0.288 e. The van der Waals surface area contributed by atoms with E-state index in [1.54, 1.807) is 17.1 Å². The second kappa shape index (κ2) is 6.11. The van der Waals surface area contributed by atoms with Crippen molar-refractivity contribution in [3.63, 3.8) is 0 Å². The molecule has 1 aliphatic heterocycles. The molecule has 0 atom stereocenters. The number of aromatic nitrogens is 1. The molecule has 0 radical (unpaired) electrons. The Bertz CT molecular complexity index is 1010. The second-order valence-corrected chi connectivity index (χ2v) is 6.05. The fourth-order valence-corrected chi connectivity index (χ4v) is 3.10. The van der Waals surface area contributed by atoms with Crippen LogP contribution in [0.5, 0.6) is 0 Å². The summed E-state index contributed by atoms with van der Waals surface area (Å²) in [4.78, 5) is 8.74. The summed E-state index contributed by atoms with van der Waals surface area (Å²) in [6.45, 7) is 2.43. The third kappa shape index (κ3) is 2.79. The average Bonchev–Trinajstić information content (AvgIpc) is 2.63. The number of hydrazine groups is 1. The molecule has 1 aromatic heterocycles. The molecule has 0 spiro atoms. The van der Waals surface area contributed by atoms with Crippen molar-refractivity contribution in [1.29, 1.82) is 0 Å². The van der Waals surface area contributed by atoms with Crippen LogP contribution in [-0.4, -0.2) is 22.9 Å². The van der Waals surface area contributed by atoms with E-state index < -0.39 is 0 Å². The number of rotatable bonds is 2. The minimum atomic E-state index is -0.272. The molecule has 0 fully saturated rings. The summed E-state index contributed by atoms with van der Waals surface area (Å²) in [5, 5.41) is 2.68. The number of allylic oxidation sites excluding steroid dienone is 1. The van der Waals surface area contributed by atoms with Gasteiger partial charge in [-0.3, -0.25) is 15.0 Å². The highest BCUT2D eigenvalue weighted by molar-refractivity contribution is 6.20. The number of pyridine rings is 1. The van der Waals surface area contributed by atoms with Gasteiger partial charge in [-0.05, 0) is 60.5 Å². The van der Waals surface area contributed by atoms with E-state index in [9.17, 15) is 4.39 Å². The molecule has 4 nitrogen and oxygen atoms in total. The van der Waals surface area contributed by atoms with Gasteiger partial charge < -0.3 is 0 Å². The number of hydrogen-bond acceptors (Lipinski definition) is 4. The van der Waals surface area contributed by atoms with Gasteiger partial charge in [-0.2, -0.15) is 0 Å². The maximum absolute atomic E-state index is 13.3. The normalized spacial score (nSPS) is 14.4. The number of aryl methyl sites for hydroxylation is 1. The Morgan fingerprint density at radius 3 is 2.60 bits per heavy atom. The van der Waals surface area contributed by atoms with Crippen LogP contribution in [0.4, 0.5) is 4.39 Å². The smallest absolute Gasteiger partial charge is 0.124 e. The van der Waals surface area contributed by atoms with Gasteiger partial charge in [-0.1, -0.05) is 6.07 Å². The summed E-state index contributed by atoms with van der Waals surface area (Å²) in [6.07, 6.45) is 3.64. The molecule has 0 saturated heterocycles. The van der Waals surface area contributed by atoms with E-state index in [1.165, 1.54) is 12.1 Å². The molecule has 0 bridgehead atoms. The van der Waals surface area contributed by atoms with Crippen LogP contribution in [0.15, 0.2) is 59.7 Å². The summed E-state index contributed by atoms with van der Waals surface area (Å²) in [7, 11) is 0. The standard InChI is InChI=1S/C20H17FN4/c1-13-8-9-24-19-7-4-15(10-17(13)19)18-11-23-12-25(22)20(18)14-2-5-16(21)6-3-14/h2-11H,12,22H2,1H3. The zero-order valence-electron chi connectivity index (χ0n) is 13.8. The first-order valence-corrected chi connectivity index (χ1v) is 8.01. The molecule has 5 heteroatoms. The molecule has 0 unspecified atom stereocenters. The Balaban J connectivity index is 1.93. The molecule has 2 heterocycles. The molecule has 2 N–H and O–H groups in total. The Morgan fingerprint density at radius 1 is 1.04 bits per heavy atom. The van der Waals surface area contributed by atoms with Crippen LogP contribution in [0.2, 0.25) is 0 Å². The third-order valence-electron chi connectivity index (χ3n) is 4.38. The first-order valence-electron chi connectivity index (χ1n) is 8.01. The number of aliphatic imine (C=N–C) groups is 1. The van der Waals surface area contributed by atoms with E-state index >= 15 is 0 Å². The van der Waals surface area contributed by atoms with E-state index in [-0.39, 0.29) is 5.82 Å². The fraction of sp³-hybridized carbons (Fsp3) is 0.100. The first kappa shape index (κ1) is 15.5. The van der Waals surface area contributed by atoms with Crippen LogP contribution in [0.1, 0.15) is 16.7 Å². The number of benzene rings is 2. The quantitative estimate of drug-likeness (QED) is 0.727. The predicted octanol–water partition coefficient (Wildman–Crippen LogP) is 3.77. The van der Waals surface area contributed by atoms with Crippen LogP contribution >= 0.6 is 0 Å². The van der Waals surface area contributed by atoms with Crippen molar-refractivity contribution in [3.05, 3.63) is 77.2 Å². The molecule has 1 aliphatic rings. The lowest BCUT2D eigenvalue weighted by atomic mass is 9.97. The summed E-state index contributed by atoms with van der Waals surface area (Å²) in [5.74, 6) is 5.90. The second-order valence-electron chi connectivity index (χ2n) is 6.05. The lowest BCUT2D eigenvalue weighted by molar-refractivity contribution is 0.430. The minimum absolute atomic E-state index is 0.272. The third-order valence-corrected chi connectivity index (χ3v) is 4.38. The van der Waals surface area contributed by atoms with Gasteiger partial charge in [0.2, 0.25) is 0 Å². The summed E-state index contributed by atoms with van der Waals surface area (Å²) in [5.41, 5.74) is 5.70. The molecular weight excluding hydrogens is 315 g/mol. The van der Waals surface area contributed by atoms with E-state index in [4.69, 9.17) is 5.84 Å². The Morgan fingerprint density at radius 2 is 1.80 bits per heavy atom. The molecule has 3 aromatic rings. The van der Waals surface area contributed by atoms with Crippen molar-refractivity contribution >= 4 is 28.4 Å². The summed E-state index contributed by atoms with van der Waals surface area (Å²) in [6, 6.07) is 14.4. The Labute approximate surface area is 145 Å². The van der Waals surface area contributed by atoms with E-state index in [2.05, 4.69) is 23.0 Å². The van der Waals surface area contributed by atoms with E-state index in [0.29, 0.717) is 6.67 Å². The van der Waals surface area contributed by atoms with Gasteiger partial charge in [0, 0.05) is 28.9 Å².